The molecule has 1 saturated carbocycles. The van der Waals surface area contributed by atoms with Gasteiger partial charge in [-0.1, -0.05) is 168 Å². The van der Waals surface area contributed by atoms with Crippen LogP contribution in [0, 0.1) is 5.92 Å². The van der Waals surface area contributed by atoms with E-state index in [1.165, 1.54) is 96.3 Å². The molecule has 0 radical (unpaired) electrons. The van der Waals surface area contributed by atoms with Gasteiger partial charge in [0.2, 0.25) is 0 Å². The van der Waals surface area contributed by atoms with E-state index in [0.717, 1.165) is 57.3 Å². The molecule has 19 heteroatoms. The van der Waals surface area contributed by atoms with Crippen molar-refractivity contribution in [1.82, 2.24) is 0 Å². The van der Waals surface area contributed by atoms with Gasteiger partial charge in [0.1, 0.15) is 67.6 Å². The average Bonchev–Trinajstić information content (AvgIpc) is 3.30. The summed E-state index contributed by atoms with van der Waals surface area (Å²) in [5.41, 5.74) is 0. The normalized spacial score (nSPS) is 28.4. The van der Waals surface area contributed by atoms with Gasteiger partial charge in [-0.25, -0.2) is 4.57 Å². The number of rotatable bonds is 39. The van der Waals surface area contributed by atoms with Crippen molar-refractivity contribution >= 4 is 19.8 Å². The Morgan fingerprint density at radius 2 is 0.985 bits per heavy atom. The first kappa shape index (κ1) is 61.8. The third-order valence-electron chi connectivity index (χ3n) is 13.0. The maximum absolute atomic E-state index is 13.4. The zero-order valence-electron chi connectivity index (χ0n) is 40.9. The van der Waals surface area contributed by atoms with Gasteiger partial charge in [-0.15, -0.1) is 0 Å². The molecule has 0 aromatic heterocycles. The fourth-order valence-electron chi connectivity index (χ4n) is 8.60. The predicted molar refractivity (Wildman–Crippen MR) is 249 cm³/mol. The van der Waals surface area contributed by atoms with E-state index in [2.05, 4.69) is 20.8 Å². The number of aliphatic hydroxyl groups is 8. The predicted octanol–water partition coefficient (Wildman–Crippen LogP) is 5.79. The fourth-order valence-corrected chi connectivity index (χ4v) is 9.57. The van der Waals surface area contributed by atoms with Crippen molar-refractivity contribution in [2.75, 3.05) is 19.8 Å². The van der Waals surface area contributed by atoms with E-state index in [1.54, 1.807) is 0 Å². The Kier molecular flexibility index (Phi) is 32.9. The molecule has 18 nitrogen and oxygen atoms in total. The summed E-state index contributed by atoms with van der Waals surface area (Å²) < 4.78 is 45.5. The largest absolute Gasteiger partial charge is 0.472 e. The summed E-state index contributed by atoms with van der Waals surface area (Å²) in [4.78, 5) is 36.5. The number of hydrogen-bond acceptors (Lipinski definition) is 17. The number of carbonyl (C=O) groups excluding carboxylic acids is 2. The Hall–Kier alpha value is -1.35. The van der Waals surface area contributed by atoms with Crippen LogP contribution in [0.5, 0.6) is 0 Å². The van der Waals surface area contributed by atoms with Gasteiger partial charge < -0.3 is 64.7 Å². The molecule has 0 aromatic rings. The molecule has 9 N–H and O–H groups in total. The van der Waals surface area contributed by atoms with Crippen LogP contribution in [0.1, 0.15) is 194 Å². The molecule has 0 amide bonds. The summed E-state index contributed by atoms with van der Waals surface area (Å²) in [7, 11) is -5.37. The molecule has 0 aromatic carbocycles. The quantitative estimate of drug-likeness (QED) is 0.0200. The third-order valence-corrected chi connectivity index (χ3v) is 13.9. The first-order chi connectivity index (χ1) is 32.1. The van der Waals surface area contributed by atoms with Gasteiger partial charge in [0, 0.05) is 12.8 Å². The number of aliphatic hydroxyl groups excluding tert-OH is 8. The van der Waals surface area contributed by atoms with Crippen molar-refractivity contribution < 1.29 is 87.9 Å². The molecule has 67 heavy (non-hydrogen) atoms. The molecule has 2 aliphatic rings. The minimum atomic E-state index is -5.37. The molecule has 2 fully saturated rings. The lowest BCUT2D eigenvalue weighted by atomic mass is 9.84. The van der Waals surface area contributed by atoms with Gasteiger partial charge in [0.25, 0.3) is 0 Å². The van der Waals surface area contributed by atoms with Crippen molar-refractivity contribution in [3.8, 4) is 0 Å². The van der Waals surface area contributed by atoms with Gasteiger partial charge in [-0.2, -0.15) is 0 Å². The number of carbonyl (C=O) groups is 2. The highest BCUT2D eigenvalue weighted by molar-refractivity contribution is 7.47. The van der Waals surface area contributed by atoms with Crippen molar-refractivity contribution in [1.29, 1.82) is 0 Å². The molecule has 1 saturated heterocycles. The molecular weight excluding hydrogens is 895 g/mol. The number of phosphoric ester groups is 1. The van der Waals surface area contributed by atoms with Gasteiger partial charge in [0.15, 0.2) is 12.4 Å². The van der Waals surface area contributed by atoms with Crippen LogP contribution >= 0.6 is 7.82 Å². The zero-order valence-corrected chi connectivity index (χ0v) is 41.8. The topological polar surface area (TPSA) is 289 Å². The summed E-state index contributed by atoms with van der Waals surface area (Å²) in [6.45, 7) is 4.56. The molecule has 0 bridgehead atoms. The Labute approximate surface area is 400 Å². The van der Waals surface area contributed by atoms with E-state index in [0.29, 0.717) is 12.8 Å². The lowest BCUT2D eigenvalue weighted by Gasteiger charge is -2.47. The fraction of sp³-hybridized carbons (Fsp3) is 0.958. The smallest absolute Gasteiger partial charge is 0.462 e. The molecule has 1 heterocycles. The van der Waals surface area contributed by atoms with Crippen LogP contribution in [0.25, 0.3) is 0 Å². The molecule has 0 spiro atoms. The van der Waals surface area contributed by atoms with Crippen LogP contribution in [0.15, 0.2) is 0 Å². The van der Waals surface area contributed by atoms with Crippen LogP contribution in [0.4, 0.5) is 0 Å². The highest BCUT2D eigenvalue weighted by Gasteiger charge is 2.55. The molecule has 14 unspecified atom stereocenters. The van der Waals surface area contributed by atoms with E-state index in [4.69, 9.17) is 28.0 Å². The van der Waals surface area contributed by atoms with Crippen LogP contribution in [0.3, 0.4) is 0 Å². The minimum Gasteiger partial charge on any atom is -0.462 e. The molecule has 1 aliphatic carbocycles. The number of phosphoric acid groups is 1. The van der Waals surface area contributed by atoms with E-state index >= 15 is 0 Å². The van der Waals surface area contributed by atoms with E-state index in [9.17, 15) is 59.9 Å². The highest BCUT2D eigenvalue weighted by Crippen LogP contribution is 2.48. The Bertz CT molecular complexity index is 1330. The maximum Gasteiger partial charge on any atom is 0.472 e. The maximum atomic E-state index is 13.4. The number of ether oxygens (including phenoxy) is 4. The Balaban J connectivity index is 1.95. The second-order valence-corrected chi connectivity index (χ2v) is 20.4. The first-order valence-corrected chi connectivity index (χ1v) is 27.2. The van der Waals surface area contributed by atoms with Crippen LogP contribution < -0.4 is 0 Å². The zero-order chi connectivity index (χ0) is 49.6. The molecule has 1 aliphatic heterocycles. The van der Waals surface area contributed by atoms with Gasteiger partial charge in [-0.05, 0) is 18.8 Å². The second-order valence-electron chi connectivity index (χ2n) is 19.0. The van der Waals surface area contributed by atoms with Gasteiger partial charge in [-0.3, -0.25) is 18.6 Å². The average molecular weight is 987 g/mol. The molecule has 396 valence electrons. The Morgan fingerprint density at radius 1 is 0.552 bits per heavy atom. The summed E-state index contributed by atoms with van der Waals surface area (Å²) in [6.07, 6.45) is 4.82. The lowest BCUT2D eigenvalue weighted by Crippen LogP contribution is -2.67. The molecule has 14 atom stereocenters. The van der Waals surface area contributed by atoms with Gasteiger partial charge in [0.05, 0.1) is 13.2 Å². The van der Waals surface area contributed by atoms with Gasteiger partial charge >= 0.3 is 19.8 Å². The van der Waals surface area contributed by atoms with Crippen molar-refractivity contribution in [3.63, 3.8) is 0 Å². The van der Waals surface area contributed by atoms with Crippen molar-refractivity contribution in [2.24, 2.45) is 5.92 Å². The second kappa shape index (κ2) is 35.7. The van der Waals surface area contributed by atoms with Crippen molar-refractivity contribution in [2.45, 2.75) is 268 Å². The minimum absolute atomic E-state index is 0.0378. The number of unbranched alkanes of at least 4 members (excludes halogenated alkanes) is 20. The SMILES string of the molecule is CCCCCCCCCCCCCC(=O)OC(COC(=O)CCCCCCCCC(C)CCCCCCCC)COP(=O)(O)OC1C(O)C(O)C(O)C(O)C1OC1OC(CO)C(O)C(O)C1O. The summed E-state index contributed by atoms with van der Waals surface area (Å²) in [5.74, 6) is -0.473. The van der Waals surface area contributed by atoms with Crippen molar-refractivity contribution in [3.05, 3.63) is 0 Å². The number of esters is 2. The van der Waals surface area contributed by atoms with E-state index < -0.39 is 113 Å². The molecular formula is C48H91O18P. The van der Waals surface area contributed by atoms with E-state index in [-0.39, 0.29) is 12.8 Å². The third kappa shape index (κ3) is 25.0. The lowest BCUT2D eigenvalue weighted by molar-refractivity contribution is -0.338. The summed E-state index contributed by atoms with van der Waals surface area (Å²) in [5, 5.41) is 82.9. The highest BCUT2D eigenvalue weighted by atomic mass is 31.2. The monoisotopic (exact) mass is 987 g/mol. The standard InChI is InChI=1S/C48H91O18P/c1-4-6-8-10-12-13-14-15-16-22-26-30-38(51)63-35(32-61-37(50)29-25-21-18-17-20-24-28-34(3)27-23-19-11-9-7-5-2)33-62-67(59,60)66-47-44(57)42(55)41(54)43(56)46(47)65-48-45(58)40(53)39(52)36(31-49)64-48/h34-36,39-49,52-58H,4-33H2,1-3H3,(H,59,60). The number of hydrogen-bond donors (Lipinski definition) is 9. The van der Waals surface area contributed by atoms with Crippen LogP contribution in [-0.4, -0.2) is 151 Å². The summed E-state index contributed by atoms with van der Waals surface area (Å²) in [6, 6.07) is 0. The van der Waals surface area contributed by atoms with Crippen LogP contribution in [-0.2, 0) is 42.1 Å². The molecule has 2 rings (SSSR count). The first-order valence-electron chi connectivity index (χ1n) is 25.8. The Morgan fingerprint density at radius 3 is 1.48 bits per heavy atom. The summed E-state index contributed by atoms with van der Waals surface area (Å²) >= 11 is 0. The van der Waals surface area contributed by atoms with E-state index in [1.807, 2.05) is 0 Å². The van der Waals surface area contributed by atoms with Crippen LogP contribution in [0.2, 0.25) is 0 Å².